The van der Waals surface area contributed by atoms with Gasteiger partial charge in [0, 0.05) is 7.11 Å². The predicted molar refractivity (Wildman–Crippen MR) is 69.7 cm³/mol. The highest BCUT2D eigenvalue weighted by Crippen LogP contribution is 2.40. The first-order valence-corrected chi connectivity index (χ1v) is 6.70. The van der Waals surface area contributed by atoms with Gasteiger partial charge in [-0.2, -0.15) is 4.89 Å². The Kier molecular flexibility index (Phi) is 5.38. The summed E-state index contributed by atoms with van der Waals surface area (Å²) >= 11 is 0. The number of methoxy groups -OCH3 is 1. The third-order valence-corrected chi connectivity index (χ3v) is 3.52. The molecule has 2 unspecified atom stereocenters. The van der Waals surface area contributed by atoms with Crippen LogP contribution in [0.4, 0.5) is 17.6 Å². The van der Waals surface area contributed by atoms with E-state index in [1.165, 1.54) is 0 Å². The van der Waals surface area contributed by atoms with E-state index < -0.39 is 59.5 Å². The summed E-state index contributed by atoms with van der Waals surface area (Å²) < 4.78 is 59.4. The van der Waals surface area contributed by atoms with Crippen molar-refractivity contribution in [2.75, 3.05) is 7.11 Å². The molecule has 1 saturated carbocycles. The molecule has 0 aliphatic heterocycles. The van der Waals surface area contributed by atoms with Gasteiger partial charge >= 0.3 is 5.97 Å². The molecule has 0 spiro atoms. The summed E-state index contributed by atoms with van der Waals surface area (Å²) in [6.45, 7) is 1.91. The monoisotopic (exact) mass is 334 g/mol. The van der Waals surface area contributed by atoms with Crippen LogP contribution in [-0.4, -0.2) is 13.1 Å². The Hall–Kier alpha value is -1.93. The third kappa shape index (κ3) is 3.53. The molecule has 0 N–H and O–H groups in total. The summed E-state index contributed by atoms with van der Waals surface area (Å²) in [6, 6.07) is 0. The van der Waals surface area contributed by atoms with E-state index >= 15 is 0 Å². The predicted octanol–water partition coefficient (Wildman–Crippen LogP) is 3.19. The van der Waals surface area contributed by atoms with E-state index in [2.05, 4.69) is 21.1 Å². The summed E-state index contributed by atoms with van der Waals surface area (Å²) in [7, 11) is 1.12. The van der Waals surface area contributed by atoms with Crippen molar-refractivity contribution in [1.29, 1.82) is 0 Å². The highest BCUT2D eigenvalue weighted by Gasteiger charge is 2.42. The van der Waals surface area contributed by atoms with Crippen LogP contribution in [0.25, 0.3) is 0 Å². The summed E-state index contributed by atoms with van der Waals surface area (Å²) in [6.07, 6.45) is 2.12. The Morgan fingerprint density at radius 3 is 2.09 bits per heavy atom. The SMILES string of the molecule is C=CC1CC1C(=O)OOCc1c(F)c(F)c(COC)c(F)c1F. The van der Waals surface area contributed by atoms with Crippen molar-refractivity contribution in [2.24, 2.45) is 11.8 Å². The molecule has 1 aliphatic rings. The second kappa shape index (κ2) is 7.10. The molecule has 2 rings (SSSR count). The number of benzene rings is 1. The molecular weight excluding hydrogens is 320 g/mol. The van der Waals surface area contributed by atoms with Crippen molar-refractivity contribution >= 4 is 5.97 Å². The van der Waals surface area contributed by atoms with Crippen molar-refractivity contribution in [3.05, 3.63) is 47.1 Å². The standard InChI is InChI=1S/C15H14F4O4/c1-3-7-4-8(7)15(20)23-22-6-10-13(18)11(16)9(5-21-2)12(17)14(10)19/h3,7-8H,1,4-6H2,2H3. The zero-order chi connectivity index (χ0) is 17.1. The molecule has 126 valence electrons. The smallest absolute Gasteiger partial charge is 0.346 e. The zero-order valence-corrected chi connectivity index (χ0v) is 12.2. The minimum absolute atomic E-state index is 0.0252. The summed E-state index contributed by atoms with van der Waals surface area (Å²) in [4.78, 5) is 20.3. The fourth-order valence-electron chi connectivity index (χ4n) is 2.07. The van der Waals surface area contributed by atoms with E-state index in [0.29, 0.717) is 6.42 Å². The Morgan fingerprint density at radius 2 is 1.65 bits per heavy atom. The number of carbonyl (C=O) groups is 1. The van der Waals surface area contributed by atoms with E-state index in [0.717, 1.165) is 7.11 Å². The Labute approximate surface area is 129 Å². The summed E-state index contributed by atoms with van der Waals surface area (Å²) in [5.41, 5.74) is -1.88. The second-order valence-corrected chi connectivity index (χ2v) is 5.05. The largest absolute Gasteiger partial charge is 0.380 e. The molecule has 0 radical (unpaired) electrons. The van der Waals surface area contributed by atoms with E-state index in [9.17, 15) is 22.4 Å². The average molecular weight is 334 g/mol. The lowest BCUT2D eigenvalue weighted by Gasteiger charge is -2.11. The van der Waals surface area contributed by atoms with Crippen LogP contribution in [0.5, 0.6) is 0 Å². The van der Waals surface area contributed by atoms with Gasteiger partial charge in [0.1, 0.15) is 6.61 Å². The van der Waals surface area contributed by atoms with Crippen molar-refractivity contribution in [1.82, 2.24) is 0 Å². The first kappa shape index (κ1) is 17.4. The second-order valence-electron chi connectivity index (χ2n) is 5.05. The van der Waals surface area contributed by atoms with Crippen molar-refractivity contribution < 1.29 is 36.9 Å². The van der Waals surface area contributed by atoms with Gasteiger partial charge < -0.3 is 4.74 Å². The fourth-order valence-corrected chi connectivity index (χ4v) is 2.07. The van der Waals surface area contributed by atoms with E-state index in [1.807, 2.05) is 0 Å². The molecule has 0 heterocycles. The van der Waals surface area contributed by atoms with Crippen LogP contribution in [0, 0.1) is 35.1 Å². The maximum absolute atomic E-state index is 13.8. The van der Waals surface area contributed by atoms with Gasteiger partial charge in [-0.15, -0.1) is 6.58 Å². The van der Waals surface area contributed by atoms with Gasteiger partial charge in [0.2, 0.25) is 0 Å². The highest BCUT2D eigenvalue weighted by atomic mass is 19.2. The number of carbonyl (C=O) groups excluding carboxylic acids is 1. The van der Waals surface area contributed by atoms with Crippen molar-refractivity contribution in [3.63, 3.8) is 0 Å². The molecule has 23 heavy (non-hydrogen) atoms. The Balaban J connectivity index is 2.05. The Bertz CT molecular complexity index is 603. The van der Waals surface area contributed by atoms with Crippen LogP contribution in [0.2, 0.25) is 0 Å². The molecule has 1 aromatic carbocycles. The summed E-state index contributed by atoms with van der Waals surface area (Å²) in [5.74, 6) is -7.57. The maximum atomic E-state index is 13.8. The van der Waals surface area contributed by atoms with Gasteiger partial charge in [0.05, 0.1) is 23.7 Å². The van der Waals surface area contributed by atoms with Gasteiger partial charge in [-0.05, 0) is 12.3 Å². The van der Waals surface area contributed by atoms with Crippen LogP contribution < -0.4 is 0 Å². The van der Waals surface area contributed by atoms with E-state index in [1.54, 1.807) is 6.08 Å². The molecule has 0 aromatic heterocycles. The van der Waals surface area contributed by atoms with E-state index in [4.69, 9.17) is 0 Å². The highest BCUT2D eigenvalue weighted by molar-refractivity contribution is 5.75. The molecule has 2 atom stereocenters. The molecule has 8 heteroatoms. The van der Waals surface area contributed by atoms with Crippen LogP contribution in [-0.2, 0) is 32.5 Å². The normalized spacial score (nSPS) is 19.5. The first-order chi connectivity index (χ1) is 10.9. The molecule has 0 saturated heterocycles. The molecule has 0 amide bonds. The number of hydrogen-bond acceptors (Lipinski definition) is 4. The Morgan fingerprint density at radius 1 is 1.13 bits per heavy atom. The zero-order valence-electron chi connectivity index (χ0n) is 12.2. The molecular formula is C15H14F4O4. The summed E-state index contributed by atoms with van der Waals surface area (Å²) in [5, 5.41) is 0. The number of ether oxygens (including phenoxy) is 1. The average Bonchev–Trinajstić information content (AvgIpc) is 3.32. The molecule has 1 aliphatic carbocycles. The van der Waals surface area contributed by atoms with Gasteiger partial charge in [-0.1, -0.05) is 6.08 Å². The number of hydrogen-bond donors (Lipinski definition) is 0. The minimum Gasteiger partial charge on any atom is -0.380 e. The topological polar surface area (TPSA) is 44.8 Å². The molecule has 0 bridgehead atoms. The van der Waals surface area contributed by atoms with E-state index in [-0.39, 0.29) is 5.92 Å². The quantitative estimate of drug-likeness (QED) is 0.253. The van der Waals surface area contributed by atoms with Gasteiger partial charge in [0.25, 0.3) is 0 Å². The molecule has 4 nitrogen and oxygen atoms in total. The third-order valence-electron chi connectivity index (χ3n) is 3.52. The van der Waals surface area contributed by atoms with Crippen LogP contribution in [0.1, 0.15) is 17.5 Å². The number of rotatable bonds is 7. The molecule has 1 aromatic rings. The van der Waals surface area contributed by atoms with Crippen molar-refractivity contribution in [2.45, 2.75) is 19.6 Å². The number of allylic oxidation sites excluding steroid dienone is 1. The first-order valence-electron chi connectivity index (χ1n) is 6.70. The van der Waals surface area contributed by atoms with Crippen LogP contribution in [0.3, 0.4) is 0 Å². The lowest BCUT2D eigenvalue weighted by Crippen LogP contribution is -2.13. The van der Waals surface area contributed by atoms with Gasteiger partial charge in [-0.3, -0.25) is 4.89 Å². The van der Waals surface area contributed by atoms with Gasteiger partial charge in [-0.25, -0.2) is 22.4 Å². The lowest BCUT2D eigenvalue weighted by molar-refractivity contribution is -0.282. The lowest BCUT2D eigenvalue weighted by atomic mass is 10.1. The number of halogens is 4. The van der Waals surface area contributed by atoms with Gasteiger partial charge in [0.15, 0.2) is 23.3 Å². The maximum Gasteiger partial charge on any atom is 0.346 e. The fraction of sp³-hybridized carbons (Fsp3) is 0.400. The van der Waals surface area contributed by atoms with Crippen LogP contribution >= 0.6 is 0 Å². The van der Waals surface area contributed by atoms with Crippen molar-refractivity contribution in [3.8, 4) is 0 Å². The van der Waals surface area contributed by atoms with Crippen LogP contribution in [0.15, 0.2) is 12.7 Å². The molecule has 1 fully saturated rings. The minimum atomic E-state index is -1.62.